The molecule has 2 N–H and O–H groups in total. The quantitative estimate of drug-likeness (QED) is 0.488. The fourth-order valence-corrected chi connectivity index (χ4v) is 3.14. The Labute approximate surface area is 166 Å². The second-order valence-electron chi connectivity index (χ2n) is 6.81. The van der Waals surface area contributed by atoms with E-state index in [0.29, 0.717) is 16.2 Å². The van der Waals surface area contributed by atoms with E-state index in [1.54, 1.807) is 11.6 Å². The predicted octanol–water partition coefficient (Wildman–Crippen LogP) is 2.26. The minimum absolute atomic E-state index is 0.0257. The standard InChI is InChI=1S/C19H20N6O2S/c1-12(2)19(3,11-20)24-15(26)10-28-18-22-16-14(17(27)23-18)9-21-25(16)13-7-5-4-6-8-13/h4-9,12H,10H2,1-3H3,(H,24,26)(H,22,23,27)/t19-/m0/s1. The van der Waals surface area contributed by atoms with Gasteiger partial charge < -0.3 is 10.3 Å². The van der Waals surface area contributed by atoms with Crippen LogP contribution in [0.2, 0.25) is 0 Å². The number of rotatable bonds is 6. The average molecular weight is 396 g/mol. The topological polar surface area (TPSA) is 116 Å². The van der Waals surface area contributed by atoms with Gasteiger partial charge in [0.05, 0.1) is 23.7 Å². The number of carbonyl (C=O) groups is 1. The van der Waals surface area contributed by atoms with Gasteiger partial charge in [-0.25, -0.2) is 9.67 Å². The first-order valence-corrected chi connectivity index (χ1v) is 9.71. The molecular formula is C19H20N6O2S. The summed E-state index contributed by atoms with van der Waals surface area (Å²) >= 11 is 1.10. The summed E-state index contributed by atoms with van der Waals surface area (Å²) in [6.07, 6.45) is 1.47. The molecule has 0 fully saturated rings. The van der Waals surface area contributed by atoms with Crippen LogP contribution in [0.4, 0.5) is 0 Å². The summed E-state index contributed by atoms with van der Waals surface area (Å²) in [4.78, 5) is 31.7. The molecule has 0 aliphatic carbocycles. The van der Waals surface area contributed by atoms with Crippen molar-refractivity contribution in [1.82, 2.24) is 25.1 Å². The predicted molar refractivity (Wildman–Crippen MR) is 107 cm³/mol. The van der Waals surface area contributed by atoms with Crippen LogP contribution in [0, 0.1) is 17.2 Å². The number of benzene rings is 1. The van der Waals surface area contributed by atoms with E-state index in [-0.39, 0.29) is 23.1 Å². The van der Waals surface area contributed by atoms with Crippen molar-refractivity contribution in [3.63, 3.8) is 0 Å². The molecule has 0 bridgehead atoms. The summed E-state index contributed by atoms with van der Waals surface area (Å²) in [6.45, 7) is 5.42. The summed E-state index contributed by atoms with van der Waals surface area (Å²) in [6, 6.07) is 11.5. The summed E-state index contributed by atoms with van der Waals surface area (Å²) in [7, 11) is 0. The molecule has 2 aromatic heterocycles. The largest absolute Gasteiger partial charge is 0.337 e. The van der Waals surface area contributed by atoms with E-state index in [1.807, 2.05) is 44.2 Å². The van der Waals surface area contributed by atoms with Crippen LogP contribution in [-0.2, 0) is 4.79 Å². The van der Waals surface area contributed by atoms with Crippen molar-refractivity contribution in [1.29, 1.82) is 5.26 Å². The van der Waals surface area contributed by atoms with E-state index in [0.717, 1.165) is 17.4 Å². The summed E-state index contributed by atoms with van der Waals surface area (Å²) in [5, 5.41) is 17.0. The van der Waals surface area contributed by atoms with Gasteiger partial charge in [-0.3, -0.25) is 9.59 Å². The number of nitriles is 1. The van der Waals surface area contributed by atoms with Gasteiger partial charge in [-0.15, -0.1) is 0 Å². The van der Waals surface area contributed by atoms with Crippen LogP contribution in [0.25, 0.3) is 16.7 Å². The van der Waals surface area contributed by atoms with Gasteiger partial charge in [0.15, 0.2) is 10.8 Å². The smallest absolute Gasteiger partial charge is 0.262 e. The van der Waals surface area contributed by atoms with E-state index in [4.69, 9.17) is 0 Å². The minimum Gasteiger partial charge on any atom is -0.337 e. The normalized spacial score (nSPS) is 13.2. The van der Waals surface area contributed by atoms with E-state index >= 15 is 0 Å². The summed E-state index contributed by atoms with van der Waals surface area (Å²) in [5.41, 5.74) is -0.0685. The molecule has 0 saturated carbocycles. The fourth-order valence-electron chi connectivity index (χ4n) is 2.49. The van der Waals surface area contributed by atoms with Gasteiger partial charge in [-0.05, 0) is 25.0 Å². The maximum atomic E-state index is 12.3. The van der Waals surface area contributed by atoms with Gasteiger partial charge in [0.1, 0.15) is 10.9 Å². The lowest BCUT2D eigenvalue weighted by Crippen LogP contribution is -2.49. The second-order valence-corrected chi connectivity index (χ2v) is 7.77. The molecule has 0 aliphatic rings. The molecule has 1 aromatic carbocycles. The number of aromatic amines is 1. The molecule has 3 rings (SSSR count). The molecule has 1 atom stereocenters. The SMILES string of the molecule is CC(C)[C@](C)(C#N)NC(=O)CSc1nc2c(cnn2-c2ccccc2)c(=O)[nH]1. The number of amides is 1. The Morgan fingerprint density at radius 1 is 1.39 bits per heavy atom. The van der Waals surface area contributed by atoms with Crippen molar-refractivity contribution < 1.29 is 4.79 Å². The Morgan fingerprint density at radius 3 is 2.75 bits per heavy atom. The van der Waals surface area contributed by atoms with Crippen LogP contribution < -0.4 is 10.9 Å². The number of H-pyrrole nitrogens is 1. The molecule has 0 unspecified atom stereocenters. The molecule has 28 heavy (non-hydrogen) atoms. The van der Waals surface area contributed by atoms with Gasteiger partial charge in [0.2, 0.25) is 5.91 Å². The van der Waals surface area contributed by atoms with Crippen LogP contribution in [0.1, 0.15) is 20.8 Å². The van der Waals surface area contributed by atoms with Crippen LogP contribution in [0.5, 0.6) is 0 Å². The monoisotopic (exact) mass is 396 g/mol. The van der Waals surface area contributed by atoms with Crippen molar-refractivity contribution in [3.05, 3.63) is 46.9 Å². The lowest BCUT2D eigenvalue weighted by atomic mass is 9.90. The number of nitrogens with one attached hydrogen (secondary N) is 2. The number of fused-ring (bicyclic) bond motifs is 1. The number of nitrogens with zero attached hydrogens (tertiary/aromatic N) is 4. The third-order valence-electron chi connectivity index (χ3n) is 4.54. The molecule has 144 valence electrons. The highest BCUT2D eigenvalue weighted by atomic mass is 32.2. The first-order chi connectivity index (χ1) is 13.3. The van der Waals surface area contributed by atoms with E-state index in [1.165, 1.54) is 6.20 Å². The Kier molecular flexibility index (Phi) is 5.51. The molecule has 9 heteroatoms. The lowest BCUT2D eigenvalue weighted by Gasteiger charge is -2.27. The molecule has 2 heterocycles. The van der Waals surface area contributed by atoms with Crippen LogP contribution in [-0.4, -0.2) is 36.9 Å². The third-order valence-corrected chi connectivity index (χ3v) is 5.42. The fraction of sp³-hybridized carbons (Fsp3) is 0.316. The van der Waals surface area contributed by atoms with Crippen LogP contribution in [0.3, 0.4) is 0 Å². The molecule has 3 aromatic rings. The van der Waals surface area contributed by atoms with Crippen LogP contribution >= 0.6 is 11.8 Å². The number of hydrogen-bond acceptors (Lipinski definition) is 6. The number of aromatic nitrogens is 4. The van der Waals surface area contributed by atoms with Crippen molar-refractivity contribution >= 4 is 28.7 Å². The Hall–Kier alpha value is -3.12. The maximum absolute atomic E-state index is 12.3. The van der Waals surface area contributed by atoms with Gasteiger partial charge in [0.25, 0.3) is 5.56 Å². The first kappa shape index (κ1) is 19.6. The first-order valence-electron chi connectivity index (χ1n) is 8.72. The zero-order chi connectivity index (χ0) is 20.3. The minimum atomic E-state index is -0.950. The van der Waals surface area contributed by atoms with Crippen molar-refractivity contribution in [2.75, 3.05) is 5.75 Å². The molecule has 8 nitrogen and oxygen atoms in total. The zero-order valence-corrected chi connectivity index (χ0v) is 16.6. The number of para-hydroxylation sites is 1. The van der Waals surface area contributed by atoms with E-state index < -0.39 is 5.54 Å². The van der Waals surface area contributed by atoms with Gasteiger partial charge in [-0.2, -0.15) is 10.4 Å². The highest BCUT2D eigenvalue weighted by molar-refractivity contribution is 7.99. The van der Waals surface area contributed by atoms with Crippen molar-refractivity contribution in [2.45, 2.75) is 31.5 Å². The zero-order valence-electron chi connectivity index (χ0n) is 15.8. The molecule has 0 spiro atoms. The van der Waals surface area contributed by atoms with Crippen molar-refractivity contribution in [2.24, 2.45) is 5.92 Å². The number of carbonyl (C=O) groups excluding carboxylic acids is 1. The van der Waals surface area contributed by atoms with Gasteiger partial charge in [-0.1, -0.05) is 43.8 Å². The molecule has 0 aliphatic heterocycles. The number of hydrogen-bond donors (Lipinski definition) is 2. The lowest BCUT2D eigenvalue weighted by molar-refractivity contribution is -0.120. The van der Waals surface area contributed by atoms with E-state index in [9.17, 15) is 14.9 Å². The van der Waals surface area contributed by atoms with Gasteiger partial charge in [0, 0.05) is 0 Å². The highest BCUT2D eigenvalue weighted by Crippen LogP contribution is 2.19. The van der Waals surface area contributed by atoms with Crippen molar-refractivity contribution in [3.8, 4) is 11.8 Å². The number of thioether (sulfide) groups is 1. The second kappa shape index (κ2) is 7.86. The summed E-state index contributed by atoms with van der Waals surface area (Å²) in [5.74, 6) is -0.319. The third kappa shape index (κ3) is 3.92. The Balaban J connectivity index is 1.82. The van der Waals surface area contributed by atoms with Gasteiger partial charge >= 0.3 is 0 Å². The molecule has 1 amide bonds. The van der Waals surface area contributed by atoms with Crippen LogP contribution in [0.15, 0.2) is 46.5 Å². The summed E-state index contributed by atoms with van der Waals surface area (Å²) < 4.78 is 1.58. The Bertz CT molecular complexity index is 1100. The molecular weight excluding hydrogens is 376 g/mol. The molecule has 0 radical (unpaired) electrons. The molecule has 0 saturated heterocycles. The maximum Gasteiger partial charge on any atom is 0.262 e. The highest BCUT2D eigenvalue weighted by Gasteiger charge is 2.29. The Morgan fingerprint density at radius 2 is 2.11 bits per heavy atom. The van der Waals surface area contributed by atoms with E-state index in [2.05, 4.69) is 26.5 Å². The average Bonchev–Trinajstić information content (AvgIpc) is 3.11.